The fraction of sp³-hybridized carbons (Fsp3) is 0.118. The zero-order valence-corrected chi connectivity index (χ0v) is 13.4. The minimum absolute atomic E-state index is 0.181. The molecule has 2 heterocycles. The van der Waals surface area contributed by atoms with Crippen LogP contribution in [-0.4, -0.2) is 12.1 Å². The Hall–Kier alpha value is -2.73. The van der Waals surface area contributed by atoms with Crippen LogP contribution in [0.5, 0.6) is 0 Å². The van der Waals surface area contributed by atoms with Gasteiger partial charge in [-0.2, -0.15) is 5.10 Å². The summed E-state index contributed by atoms with van der Waals surface area (Å²) in [5, 5.41) is 6.09. The molecule has 0 fully saturated rings. The highest BCUT2D eigenvalue weighted by atomic mass is 32.1. The summed E-state index contributed by atoms with van der Waals surface area (Å²) in [5.74, 6) is -0.313. The molecular formula is C17H14N2O3S. The molecule has 0 atom stereocenters. The van der Waals surface area contributed by atoms with Gasteiger partial charge in [-0.25, -0.2) is 5.43 Å². The number of hydrazone groups is 1. The molecule has 6 heteroatoms. The lowest BCUT2D eigenvalue weighted by atomic mass is 10.1. The maximum absolute atomic E-state index is 12.4. The first-order valence-electron chi connectivity index (χ1n) is 6.95. The van der Waals surface area contributed by atoms with Crippen molar-refractivity contribution in [1.82, 2.24) is 5.43 Å². The molecule has 0 bridgehead atoms. The molecule has 0 unspecified atom stereocenters. The first kappa shape index (κ1) is 15.2. The standard InChI is InChI=1S/C17H14N2O3S/c1-10-3-4-15-14(5-10)16(20)13(8-22-15)7-18-19-17(21)12-6-11(2)23-9-12/h3-9H,1-2H3,(H,19,21)/b18-7-. The molecule has 0 spiro atoms. The minimum atomic E-state index is -0.313. The first-order valence-corrected chi connectivity index (χ1v) is 7.83. The van der Waals surface area contributed by atoms with Gasteiger partial charge in [-0.3, -0.25) is 9.59 Å². The third-order valence-corrected chi connectivity index (χ3v) is 4.18. The number of nitrogens with zero attached hydrogens (tertiary/aromatic N) is 1. The molecule has 1 amide bonds. The van der Waals surface area contributed by atoms with Gasteiger partial charge in [-0.1, -0.05) is 11.6 Å². The van der Waals surface area contributed by atoms with Crippen molar-refractivity contribution < 1.29 is 9.21 Å². The lowest BCUT2D eigenvalue weighted by Crippen LogP contribution is -2.18. The van der Waals surface area contributed by atoms with E-state index in [1.54, 1.807) is 23.6 Å². The van der Waals surface area contributed by atoms with Crippen molar-refractivity contribution in [3.63, 3.8) is 0 Å². The Morgan fingerprint density at radius 2 is 2.13 bits per heavy atom. The number of thiophene rings is 1. The van der Waals surface area contributed by atoms with Crippen LogP contribution in [0.1, 0.15) is 26.4 Å². The summed E-state index contributed by atoms with van der Waals surface area (Å²) in [6, 6.07) is 7.18. The van der Waals surface area contributed by atoms with Gasteiger partial charge in [0.25, 0.3) is 5.91 Å². The predicted octanol–water partition coefficient (Wildman–Crippen LogP) is 3.24. The molecule has 0 aliphatic heterocycles. The van der Waals surface area contributed by atoms with Crippen LogP contribution in [0.4, 0.5) is 0 Å². The van der Waals surface area contributed by atoms with Crippen LogP contribution in [0.2, 0.25) is 0 Å². The number of hydrogen-bond acceptors (Lipinski definition) is 5. The third kappa shape index (κ3) is 3.22. The average Bonchev–Trinajstić information content (AvgIpc) is 2.96. The number of carbonyl (C=O) groups excluding carboxylic acids is 1. The van der Waals surface area contributed by atoms with Gasteiger partial charge in [0.2, 0.25) is 5.43 Å². The van der Waals surface area contributed by atoms with Gasteiger partial charge in [0, 0.05) is 10.3 Å². The number of nitrogens with one attached hydrogen (secondary N) is 1. The highest BCUT2D eigenvalue weighted by Crippen LogP contribution is 2.13. The number of hydrogen-bond donors (Lipinski definition) is 1. The molecule has 116 valence electrons. The van der Waals surface area contributed by atoms with Crippen LogP contribution in [0.25, 0.3) is 11.0 Å². The van der Waals surface area contributed by atoms with Crippen molar-refractivity contribution in [2.24, 2.45) is 5.10 Å². The normalized spacial score (nSPS) is 11.2. The Kier molecular flexibility index (Phi) is 4.08. The van der Waals surface area contributed by atoms with E-state index in [2.05, 4.69) is 10.5 Å². The highest BCUT2D eigenvalue weighted by Gasteiger charge is 2.07. The van der Waals surface area contributed by atoms with Crippen LogP contribution < -0.4 is 10.9 Å². The van der Waals surface area contributed by atoms with Gasteiger partial charge in [0.05, 0.1) is 22.7 Å². The second-order valence-electron chi connectivity index (χ2n) is 5.16. The number of benzene rings is 1. The quantitative estimate of drug-likeness (QED) is 0.593. The summed E-state index contributed by atoms with van der Waals surface area (Å²) < 4.78 is 5.42. The van der Waals surface area contributed by atoms with Gasteiger partial charge >= 0.3 is 0 Å². The number of aryl methyl sites for hydroxylation is 2. The first-order chi connectivity index (χ1) is 11.0. The van der Waals surface area contributed by atoms with E-state index in [-0.39, 0.29) is 16.9 Å². The fourth-order valence-corrected chi connectivity index (χ4v) is 2.82. The summed E-state index contributed by atoms with van der Waals surface area (Å²) in [6.45, 7) is 3.83. The molecule has 2 aromatic heterocycles. The van der Waals surface area contributed by atoms with Gasteiger partial charge in [0.1, 0.15) is 11.8 Å². The van der Waals surface area contributed by atoms with Crippen LogP contribution in [0.15, 0.2) is 50.2 Å². The van der Waals surface area contributed by atoms with Crippen molar-refractivity contribution in [3.05, 3.63) is 67.7 Å². The number of rotatable bonds is 3. The molecule has 1 aromatic carbocycles. The largest absolute Gasteiger partial charge is 0.463 e. The summed E-state index contributed by atoms with van der Waals surface area (Å²) in [6.07, 6.45) is 2.63. The molecular weight excluding hydrogens is 312 g/mol. The van der Waals surface area contributed by atoms with Crippen LogP contribution in [0, 0.1) is 13.8 Å². The molecule has 0 saturated heterocycles. The second-order valence-corrected chi connectivity index (χ2v) is 6.28. The van der Waals surface area contributed by atoms with Crippen molar-refractivity contribution >= 4 is 34.4 Å². The molecule has 3 rings (SSSR count). The van der Waals surface area contributed by atoms with Gasteiger partial charge in [-0.15, -0.1) is 11.3 Å². The third-order valence-electron chi connectivity index (χ3n) is 3.32. The van der Waals surface area contributed by atoms with Gasteiger partial charge in [0.15, 0.2) is 0 Å². The van der Waals surface area contributed by atoms with Crippen molar-refractivity contribution in [2.75, 3.05) is 0 Å². The molecule has 0 aliphatic rings. The van der Waals surface area contributed by atoms with Crippen LogP contribution in [0.3, 0.4) is 0 Å². The van der Waals surface area contributed by atoms with Crippen molar-refractivity contribution in [3.8, 4) is 0 Å². The number of carbonyl (C=O) groups is 1. The van der Waals surface area contributed by atoms with E-state index in [4.69, 9.17) is 4.42 Å². The van der Waals surface area contributed by atoms with E-state index in [0.717, 1.165) is 10.4 Å². The SMILES string of the molecule is Cc1ccc2occ(/C=N\NC(=O)c3csc(C)c3)c(=O)c2c1. The second kappa shape index (κ2) is 6.18. The molecule has 23 heavy (non-hydrogen) atoms. The maximum Gasteiger partial charge on any atom is 0.272 e. The molecule has 0 radical (unpaired) electrons. The van der Waals surface area contributed by atoms with E-state index in [0.29, 0.717) is 16.5 Å². The Morgan fingerprint density at radius 1 is 1.30 bits per heavy atom. The fourth-order valence-electron chi connectivity index (χ4n) is 2.14. The van der Waals surface area contributed by atoms with E-state index in [1.807, 2.05) is 19.9 Å². The Morgan fingerprint density at radius 3 is 2.87 bits per heavy atom. The topological polar surface area (TPSA) is 71.7 Å². The predicted molar refractivity (Wildman–Crippen MR) is 91.3 cm³/mol. The average molecular weight is 326 g/mol. The Labute approximate surface area is 136 Å². The summed E-state index contributed by atoms with van der Waals surface area (Å²) in [4.78, 5) is 25.3. The molecule has 5 nitrogen and oxygen atoms in total. The molecule has 0 saturated carbocycles. The minimum Gasteiger partial charge on any atom is -0.463 e. The summed E-state index contributed by atoms with van der Waals surface area (Å²) in [7, 11) is 0. The number of fused-ring (bicyclic) bond motifs is 1. The Balaban J connectivity index is 1.82. The number of amides is 1. The Bertz CT molecular complexity index is 969. The zero-order chi connectivity index (χ0) is 16.4. The maximum atomic E-state index is 12.4. The molecule has 1 N–H and O–H groups in total. The highest BCUT2D eigenvalue weighted by molar-refractivity contribution is 7.10. The van der Waals surface area contributed by atoms with E-state index in [1.165, 1.54) is 23.8 Å². The monoisotopic (exact) mass is 326 g/mol. The lowest BCUT2D eigenvalue weighted by Gasteiger charge is -2.00. The molecule has 0 aliphatic carbocycles. The van der Waals surface area contributed by atoms with Crippen LogP contribution >= 0.6 is 11.3 Å². The van der Waals surface area contributed by atoms with E-state index < -0.39 is 0 Å². The summed E-state index contributed by atoms with van der Waals surface area (Å²) in [5.41, 5.74) is 4.55. The lowest BCUT2D eigenvalue weighted by molar-refractivity contribution is 0.0955. The van der Waals surface area contributed by atoms with Gasteiger partial charge in [-0.05, 0) is 32.0 Å². The van der Waals surface area contributed by atoms with Crippen LogP contribution in [-0.2, 0) is 0 Å². The van der Waals surface area contributed by atoms with Crippen molar-refractivity contribution in [1.29, 1.82) is 0 Å². The zero-order valence-electron chi connectivity index (χ0n) is 12.6. The molecule has 3 aromatic rings. The van der Waals surface area contributed by atoms with Crippen molar-refractivity contribution in [2.45, 2.75) is 13.8 Å². The van der Waals surface area contributed by atoms with Gasteiger partial charge < -0.3 is 4.42 Å². The smallest absolute Gasteiger partial charge is 0.272 e. The summed E-state index contributed by atoms with van der Waals surface area (Å²) >= 11 is 1.49. The van der Waals surface area contributed by atoms with E-state index in [9.17, 15) is 9.59 Å². The van der Waals surface area contributed by atoms with E-state index >= 15 is 0 Å².